The van der Waals surface area contributed by atoms with Crippen molar-refractivity contribution in [3.63, 3.8) is 0 Å². The standard InChI is InChI=1S/C21H23FN4O3S2/c1-14-18-12-19(30-21(18)26(23-14)16-4-2-15(22)3-5-16)20(27)25-9-7-24(8-10-25)17-6-11-31(28,29)13-17/h2-5,12,17H,6-11,13H2,1H3/t17-/m0/s1. The molecular formula is C21H23FN4O3S2. The van der Waals surface area contributed by atoms with Gasteiger partial charge < -0.3 is 4.90 Å². The van der Waals surface area contributed by atoms with Crippen LogP contribution in [0.4, 0.5) is 4.39 Å². The molecule has 0 saturated carbocycles. The molecule has 0 spiro atoms. The lowest BCUT2D eigenvalue weighted by Gasteiger charge is -2.37. The van der Waals surface area contributed by atoms with E-state index in [9.17, 15) is 17.6 Å². The van der Waals surface area contributed by atoms with E-state index in [0.717, 1.165) is 21.6 Å². The van der Waals surface area contributed by atoms with E-state index in [4.69, 9.17) is 0 Å². The molecular weight excluding hydrogens is 439 g/mol. The Bertz CT molecular complexity index is 1240. The van der Waals surface area contributed by atoms with Gasteiger partial charge in [0.1, 0.15) is 10.6 Å². The fourth-order valence-corrected chi connectivity index (χ4v) is 7.33. The van der Waals surface area contributed by atoms with Crippen molar-refractivity contribution in [2.45, 2.75) is 19.4 Å². The third-order valence-electron chi connectivity index (χ3n) is 6.15. The number of rotatable bonds is 3. The van der Waals surface area contributed by atoms with Crippen molar-refractivity contribution in [3.05, 3.63) is 46.7 Å². The van der Waals surface area contributed by atoms with Gasteiger partial charge in [-0.3, -0.25) is 9.69 Å². The van der Waals surface area contributed by atoms with Crippen LogP contribution in [0.25, 0.3) is 15.9 Å². The largest absolute Gasteiger partial charge is 0.335 e. The van der Waals surface area contributed by atoms with Gasteiger partial charge in [0.15, 0.2) is 9.84 Å². The smallest absolute Gasteiger partial charge is 0.264 e. The number of halogens is 1. The summed E-state index contributed by atoms with van der Waals surface area (Å²) in [5.41, 5.74) is 1.57. The Morgan fingerprint density at radius 1 is 1.16 bits per heavy atom. The van der Waals surface area contributed by atoms with E-state index >= 15 is 0 Å². The van der Waals surface area contributed by atoms with Crippen LogP contribution in [0.2, 0.25) is 0 Å². The Morgan fingerprint density at radius 3 is 2.52 bits per heavy atom. The summed E-state index contributed by atoms with van der Waals surface area (Å²) in [6, 6.07) is 8.10. The second kappa shape index (κ2) is 7.68. The quantitative estimate of drug-likeness (QED) is 0.598. The highest BCUT2D eigenvalue weighted by Gasteiger charge is 2.34. The summed E-state index contributed by atoms with van der Waals surface area (Å²) in [4.78, 5) is 18.7. The Morgan fingerprint density at radius 2 is 1.87 bits per heavy atom. The molecule has 164 valence electrons. The zero-order chi connectivity index (χ0) is 21.8. The zero-order valence-electron chi connectivity index (χ0n) is 17.1. The number of aryl methyl sites for hydroxylation is 1. The van der Waals surface area contributed by atoms with E-state index in [1.165, 1.54) is 23.5 Å². The highest BCUT2D eigenvalue weighted by Crippen LogP contribution is 2.31. The third-order valence-corrected chi connectivity index (χ3v) is 9.00. The average molecular weight is 463 g/mol. The molecule has 2 aromatic heterocycles. The van der Waals surface area contributed by atoms with Crippen molar-refractivity contribution in [3.8, 4) is 5.69 Å². The predicted molar refractivity (Wildman–Crippen MR) is 118 cm³/mol. The number of hydrogen-bond donors (Lipinski definition) is 0. The molecule has 5 rings (SSSR count). The van der Waals surface area contributed by atoms with Gasteiger partial charge in [0.2, 0.25) is 0 Å². The summed E-state index contributed by atoms with van der Waals surface area (Å²) in [6.45, 7) is 4.47. The molecule has 1 amide bonds. The van der Waals surface area contributed by atoms with Crippen LogP contribution in [-0.2, 0) is 9.84 Å². The molecule has 2 fully saturated rings. The molecule has 0 radical (unpaired) electrons. The number of amides is 1. The number of hydrogen-bond acceptors (Lipinski definition) is 6. The van der Waals surface area contributed by atoms with Gasteiger partial charge in [-0.1, -0.05) is 0 Å². The molecule has 31 heavy (non-hydrogen) atoms. The Kier molecular flexibility index (Phi) is 5.10. The van der Waals surface area contributed by atoms with E-state index in [1.807, 2.05) is 17.9 Å². The first-order chi connectivity index (χ1) is 14.8. The van der Waals surface area contributed by atoms with Crippen molar-refractivity contribution in [2.24, 2.45) is 0 Å². The molecule has 3 aromatic rings. The summed E-state index contributed by atoms with van der Waals surface area (Å²) in [6.07, 6.45) is 0.686. The highest BCUT2D eigenvalue weighted by molar-refractivity contribution is 7.91. The van der Waals surface area contributed by atoms with Crippen LogP contribution in [0.15, 0.2) is 30.3 Å². The summed E-state index contributed by atoms with van der Waals surface area (Å²) in [5.74, 6) is 0.185. The molecule has 2 saturated heterocycles. The third kappa shape index (κ3) is 3.88. The maximum atomic E-state index is 13.3. The molecule has 2 aliphatic rings. The van der Waals surface area contributed by atoms with E-state index in [1.54, 1.807) is 16.8 Å². The lowest BCUT2D eigenvalue weighted by molar-refractivity contribution is 0.0592. The molecule has 0 bridgehead atoms. The van der Waals surface area contributed by atoms with Crippen molar-refractivity contribution in [1.82, 2.24) is 19.6 Å². The molecule has 1 atom stereocenters. The summed E-state index contributed by atoms with van der Waals surface area (Å²) in [7, 11) is -2.91. The van der Waals surface area contributed by atoms with Gasteiger partial charge in [-0.15, -0.1) is 11.3 Å². The van der Waals surface area contributed by atoms with Crippen LogP contribution < -0.4 is 0 Å². The second-order valence-electron chi connectivity index (χ2n) is 8.19. The molecule has 10 heteroatoms. The number of carbonyl (C=O) groups excluding carboxylic acids is 1. The Hall–Kier alpha value is -2.30. The van der Waals surface area contributed by atoms with Crippen molar-refractivity contribution >= 4 is 37.3 Å². The minimum Gasteiger partial charge on any atom is -0.335 e. The van der Waals surface area contributed by atoms with Crippen molar-refractivity contribution in [1.29, 1.82) is 0 Å². The first-order valence-electron chi connectivity index (χ1n) is 10.3. The number of nitrogens with zero attached hydrogens (tertiary/aromatic N) is 4. The van der Waals surface area contributed by atoms with Gasteiger partial charge in [-0.25, -0.2) is 17.5 Å². The van der Waals surface area contributed by atoms with E-state index in [-0.39, 0.29) is 29.3 Å². The lowest BCUT2D eigenvalue weighted by atomic mass is 10.2. The van der Waals surface area contributed by atoms with E-state index < -0.39 is 9.84 Å². The number of carbonyl (C=O) groups is 1. The minimum absolute atomic E-state index is 0.00931. The van der Waals surface area contributed by atoms with Crippen molar-refractivity contribution in [2.75, 3.05) is 37.7 Å². The monoisotopic (exact) mass is 462 g/mol. The first-order valence-corrected chi connectivity index (χ1v) is 12.9. The number of aromatic nitrogens is 2. The van der Waals surface area contributed by atoms with Crippen molar-refractivity contribution < 1.29 is 17.6 Å². The summed E-state index contributed by atoms with van der Waals surface area (Å²) < 4.78 is 38.6. The van der Waals surface area contributed by atoms with E-state index in [2.05, 4.69) is 10.00 Å². The van der Waals surface area contributed by atoms with Crippen LogP contribution in [0, 0.1) is 12.7 Å². The fourth-order valence-electron chi connectivity index (χ4n) is 4.42. The Balaban J connectivity index is 1.33. The number of benzene rings is 1. The molecule has 1 aromatic carbocycles. The molecule has 7 nitrogen and oxygen atoms in total. The topological polar surface area (TPSA) is 75.5 Å². The predicted octanol–water partition coefficient (Wildman–Crippen LogP) is 2.48. The molecule has 4 heterocycles. The van der Waals surface area contributed by atoms with Gasteiger partial charge in [0.05, 0.1) is 27.8 Å². The maximum Gasteiger partial charge on any atom is 0.264 e. The summed E-state index contributed by atoms with van der Waals surface area (Å²) >= 11 is 1.39. The highest BCUT2D eigenvalue weighted by atomic mass is 32.2. The van der Waals surface area contributed by atoms with Crippen LogP contribution >= 0.6 is 11.3 Å². The molecule has 0 unspecified atom stereocenters. The lowest BCUT2D eigenvalue weighted by Crippen LogP contribution is -2.52. The number of thiophene rings is 1. The average Bonchev–Trinajstić information content (AvgIpc) is 3.43. The fraction of sp³-hybridized carbons (Fsp3) is 0.429. The van der Waals surface area contributed by atoms with E-state index in [0.29, 0.717) is 37.5 Å². The Labute approximate surface area is 184 Å². The van der Waals surface area contributed by atoms with Crippen LogP contribution in [0.5, 0.6) is 0 Å². The molecule has 2 aliphatic heterocycles. The van der Waals surface area contributed by atoms with Crippen LogP contribution in [0.1, 0.15) is 21.8 Å². The molecule has 0 aliphatic carbocycles. The minimum atomic E-state index is -2.91. The van der Waals surface area contributed by atoms with Crippen LogP contribution in [-0.4, -0.2) is 77.6 Å². The van der Waals surface area contributed by atoms with Crippen LogP contribution in [0.3, 0.4) is 0 Å². The number of fused-ring (bicyclic) bond motifs is 1. The normalized spacial score (nSPS) is 21.7. The number of sulfone groups is 1. The van der Waals surface area contributed by atoms with Gasteiger partial charge >= 0.3 is 0 Å². The molecule has 0 N–H and O–H groups in total. The zero-order valence-corrected chi connectivity index (χ0v) is 18.8. The maximum absolute atomic E-state index is 13.3. The first kappa shape index (κ1) is 20.6. The summed E-state index contributed by atoms with van der Waals surface area (Å²) in [5, 5.41) is 5.48. The number of piperazine rings is 1. The van der Waals surface area contributed by atoms with Gasteiger partial charge in [0.25, 0.3) is 5.91 Å². The second-order valence-corrected chi connectivity index (χ2v) is 11.4. The van der Waals surface area contributed by atoms with Gasteiger partial charge in [-0.05, 0) is 43.7 Å². The SMILES string of the molecule is Cc1nn(-c2ccc(F)cc2)c2sc(C(=O)N3CCN([C@H]4CCS(=O)(=O)C4)CC3)cc12. The van der Waals surface area contributed by atoms with Gasteiger partial charge in [-0.2, -0.15) is 5.10 Å². The van der Waals surface area contributed by atoms with Gasteiger partial charge in [0, 0.05) is 37.6 Å².